The van der Waals surface area contributed by atoms with Gasteiger partial charge in [0.15, 0.2) is 11.0 Å². The average molecular weight is 390 g/mol. The summed E-state index contributed by atoms with van der Waals surface area (Å²) in [5.41, 5.74) is 0.895. The molecule has 0 saturated carbocycles. The number of nitriles is 1. The van der Waals surface area contributed by atoms with Crippen LogP contribution in [0.15, 0.2) is 42.1 Å². The quantitative estimate of drug-likeness (QED) is 0.483. The third-order valence-electron chi connectivity index (χ3n) is 3.68. The first-order valence-electron chi connectivity index (χ1n) is 8.18. The Labute approximate surface area is 162 Å². The lowest BCUT2D eigenvalue weighted by atomic mass is 10.2. The lowest BCUT2D eigenvalue weighted by molar-refractivity contribution is -0.128. The number of rotatable bonds is 9. The maximum absolute atomic E-state index is 12.3. The fourth-order valence-electron chi connectivity index (χ4n) is 2.36. The van der Waals surface area contributed by atoms with E-state index in [1.54, 1.807) is 23.1 Å². The molecule has 136 valence electrons. The van der Waals surface area contributed by atoms with E-state index in [1.807, 2.05) is 23.6 Å². The topological polar surface area (TPSA) is 74.8 Å². The van der Waals surface area contributed by atoms with Gasteiger partial charge < -0.3 is 4.90 Å². The minimum atomic E-state index is -0.0195. The van der Waals surface area contributed by atoms with E-state index in [4.69, 9.17) is 16.9 Å². The highest BCUT2D eigenvalue weighted by molar-refractivity contribution is 7.99. The second kappa shape index (κ2) is 10.00. The number of aromatic nitrogens is 3. The molecular formula is C18H20ClN5OS. The lowest BCUT2D eigenvalue weighted by Crippen LogP contribution is -2.33. The van der Waals surface area contributed by atoms with Crippen molar-refractivity contribution in [3.8, 4) is 17.5 Å². The van der Waals surface area contributed by atoms with E-state index in [9.17, 15) is 4.79 Å². The zero-order valence-corrected chi connectivity index (χ0v) is 16.1. The van der Waals surface area contributed by atoms with Gasteiger partial charge in [-0.1, -0.05) is 29.4 Å². The van der Waals surface area contributed by atoms with Gasteiger partial charge in [0.05, 0.1) is 18.2 Å². The molecule has 0 spiro atoms. The summed E-state index contributed by atoms with van der Waals surface area (Å²) in [6.07, 6.45) is 2.09. The van der Waals surface area contributed by atoms with Crippen LogP contribution in [0.5, 0.6) is 0 Å². The summed E-state index contributed by atoms with van der Waals surface area (Å²) in [5.74, 6) is 0.928. The van der Waals surface area contributed by atoms with E-state index in [0.717, 1.165) is 5.56 Å². The van der Waals surface area contributed by atoms with Crippen LogP contribution in [-0.2, 0) is 11.3 Å². The number of allylic oxidation sites excluding steroid dienone is 1. The van der Waals surface area contributed by atoms with Crippen molar-refractivity contribution in [3.63, 3.8) is 0 Å². The summed E-state index contributed by atoms with van der Waals surface area (Å²) in [7, 11) is 0. The number of halogens is 1. The molecule has 0 fully saturated rings. The molecule has 2 rings (SSSR count). The molecule has 1 aromatic carbocycles. The zero-order chi connectivity index (χ0) is 18.9. The van der Waals surface area contributed by atoms with Crippen molar-refractivity contribution < 1.29 is 4.79 Å². The van der Waals surface area contributed by atoms with Gasteiger partial charge in [0.25, 0.3) is 0 Å². The number of hydrogen-bond donors (Lipinski definition) is 0. The summed E-state index contributed by atoms with van der Waals surface area (Å²) < 4.78 is 1.92. The van der Waals surface area contributed by atoms with Gasteiger partial charge in [-0.15, -0.1) is 16.8 Å². The molecule has 1 heterocycles. The zero-order valence-electron chi connectivity index (χ0n) is 14.6. The Bertz CT molecular complexity index is 797. The second-order valence-electron chi connectivity index (χ2n) is 5.38. The van der Waals surface area contributed by atoms with E-state index < -0.39 is 0 Å². The third-order valence-corrected chi connectivity index (χ3v) is 4.89. The molecule has 1 aromatic heterocycles. The molecule has 2 aromatic rings. The average Bonchev–Trinajstić information content (AvgIpc) is 3.04. The van der Waals surface area contributed by atoms with Crippen LogP contribution < -0.4 is 0 Å². The predicted octanol–water partition coefficient (Wildman–Crippen LogP) is 3.64. The van der Waals surface area contributed by atoms with Crippen LogP contribution in [0.25, 0.3) is 11.4 Å². The van der Waals surface area contributed by atoms with Crippen molar-refractivity contribution in [1.82, 2.24) is 19.7 Å². The minimum Gasteiger partial charge on any atom is -0.341 e. The molecule has 0 aliphatic heterocycles. The summed E-state index contributed by atoms with van der Waals surface area (Å²) in [4.78, 5) is 14.0. The first-order chi connectivity index (χ1) is 12.6. The Kier molecular flexibility index (Phi) is 7.70. The van der Waals surface area contributed by atoms with Crippen molar-refractivity contribution in [2.75, 3.05) is 18.8 Å². The number of benzene rings is 1. The van der Waals surface area contributed by atoms with Gasteiger partial charge in [0.2, 0.25) is 5.91 Å². The highest BCUT2D eigenvalue weighted by atomic mass is 35.5. The summed E-state index contributed by atoms with van der Waals surface area (Å²) in [6, 6.07) is 9.43. The van der Waals surface area contributed by atoms with Crippen molar-refractivity contribution in [2.24, 2.45) is 0 Å². The number of nitrogens with zero attached hydrogens (tertiary/aromatic N) is 5. The van der Waals surface area contributed by atoms with E-state index >= 15 is 0 Å². The van der Waals surface area contributed by atoms with Gasteiger partial charge in [0.1, 0.15) is 0 Å². The van der Waals surface area contributed by atoms with Crippen molar-refractivity contribution in [1.29, 1.82) is 5.26 Å². The van der Waals surface area contributed by atoms with E-state index in [0.29, 0.717) is 42.1 Å². The molecule has 0 unspecified atom stereocenters. The van der Waals surface area contributed by atoms with Crippen LogP contribution >= 0.6 is 23.4 Å². The fraction of sp³-hybridized carbons (Fsp3) is 0.333. The smallest absolute Gasteiger partial charge is 0.233 e. The molecule has 6 nitrogen and oxygen atoms in total. The van der Waals surface area contributed by atoms with Crippen LogP contribution in [0.3, 0.4) is 0 Å². The Balaban J connectivity index is 2.14. The molecule has 0 N–H and O–H groups in total. The molecule has 0 bridgehead atoms. The van der Waals surface area contributed by atoms with Crippen LogP contribution in [0.1, 0.15) is 13.3 Å². The standard InChI is InChI=1S/C18H20ClN5OS/c1-3-11-24-17(14-6-8-15(19)9-7-14)21-22-18(24)26-13-16(25)23(4-2)12-5-10-20/h3,6-9H,1,4-5,11-13H2,2H3. The largest absolute Gasteiger partial charge is 0.341 e. The van der Waals surface area contributed by atoms with Gasteiger partial charge in [-0.2, -0.15) is 5.26 Å². The summed E-state index contributed by atoms with van der Waals surface area (Å²) >= 11 is 7.28. The molecule has 0 aliphatic carbocycles. The Morgan fingerprint density at radius 3 is 2.77 bits per heavy atom. The van der Waals surface area contributed by atoms with E-state index in [2.05, 4.69) is 22.8 Å². The molecule has 0 radical (unpaired) electrons. The van der Waals surface area contributed by atoms with Gasteiger partial charge in [-0.3, -0.25) is 9.36 Å². The predicted molar refractivity (Wildman–Crippen MR) is 104 cm³/mol. The van der Waals surface area contributed by atoms with E-state index in [1.165, 1.54) is 11.8 Å². The van der Waals surface area contributed by atoms with Gasteiger partial charge >= 0.3 is 0 Å². The highest BCUT2D eigenvalue weighted by Gasteiger charge is 2.17. The third kappa shape index (κ3) is 5.10. The van der Waals surface area contributed by atoms with Crippen LogP contribution in [0.4, 0.5) is 0 Å². The number of thioether (sulfide) groups is 1. The SMILES string of the molecule is C=CCn1c(SCC(=O)N(CC)CCC#N)nnc1-c1ccc(Cl)cc1. The number of carbonyl (C=O) groups is 1. The molecule has 1 amide bonds. The minimum absolute atomic E-state index is 0.0195. The van der Waals surface area contributed by atoms with Crippen LogP contribution in [0.2, 0.25) is 5.02 Å². The molecule has 0 aliphatic rings. The van der Waals surface area contributed by atoms with Crippen molar-refractivity contribution in [2.45, 2.75) is 25.0 Å². The Hall–Kier alpha value is -2.30. The van der Waals surface area contributed by atoms with Gasteiger partial charge in [-0.25, -0.2) is 0 Å². The van der Waals surface area contributed by atoms with Crippen LogP contribution in [0, 0.1) is 11.3 Å². The summed E-state index contributed by atoms with van der Waals surface area (Å²) in [6.45, 7) is 7.25. The number of amides is 1. The molecule has 0 atom stereocenters. The van der Waals surface area contributed by atoms with Gasteiger partial charge in [0, 0.05) is 30.2 Å². The lowest BCUT2D eigenvalue weighted by Gasteiger charge is -2.19. The van der Waals surface area contributed by atoms with Gasteiger partial charge in [-0.05, 0) is 31.2 Å². The number of carbonyl (C=O) groups excluding carboxylic acids is 1. The highest BCUT2D eigenvalue weighted by Crippen LogP contribution is 2.25. The van der Waals surface area contributed by atoms with Crippen LogP contribution in [-0.4, -0.2) is 44.4 Å². The molecule has 26 heavy (non-hydrogen) atoms. The monoisotopic (exact) mass is 389 g/mol. The van der Waals surface area contributed by atoms with Crippen molar-refractivity contribution in [3.05, 3.63) is 41.9 Å². The molecular weight excluding hydrogens is 370 g/mol. The van der Waals surface area contributed by atoms with Crippen molar-refractivity contribution >= 4 is 29.3 Å². The Morgan fingerprint density at radius 1 is 1.42 bits per heavy atom. The first-order valence-corrected chi connectivity index (χ1v) is 9.54. The molecule has 0 saturated heterocycles. The number of hydrogen-bond acceptors (Lipinski definition) is 5. The van der Waals surface area contributed by atoms with E-state index in [-0.39, 0.29) is 11.7 Å². The first kappa shape index (κ1) is 20.0. The Morgan fingerprint density at radius 2 is 2.15 bits per heavy atom. The fourth-order valence-corrected chi connectivity index (χ4v) is 3.34. The maximum Gasteiger partial charge on any atom is 0.233 e. The normalized spacial score (nSPS) is 10.3. The summed E-state index contributed by atoms with van der Waals surface area (Å²) in [5, 5.41) is 18.5. The maximum atomic E-state index is 12.3. The molecule has 8 heteroatoms. The second-order valence-corrected chi connectivity index (χ2v) is 6.76.